The first-order valence-electron chi connectivity index (χ1n) is 15.2. The Labute approximate surface area is 250 Å². The zero-order chi connectivity index (χ0) is 31.0. The molecule has 2 aliphatic heterocycles. The lowest BCUT2D eigenvalue weighted by molar-refractivity contribution is -0.172. The van der Waals surface area contributed by atoms with Crippen LogP contribution in [0.4, 0.5) is 13.2 Å². The second kappa shape index (κ2) is 12.1. The molecule has 2 atom stereocenters. The number of carbonyl (C=O) groups is 2. The maximum absolute atomic E-state index is 13.9. The number of aromatic nitrogens is 1. The molecule has 0 radical (unpaired) electrons. The molecular formula is C32H41F3N4O4. The molecular weight excluding hydrogens is 561 g/mol. The molecule has 3 heterocycles. The Hall–Kier alpha value is -3.18. The van der Waals surface area contributed by atoms with E-state index in [4.69, 9.17) is 0 Å². The third kappa shape index (κ3) is 6.52. The van der Waals surface area contributed by atoms with Crippen molar-refractivity contribution in [3.05, 3.63) is 58.5 Å². The number of benzene rings is 1. The van der Waals surface area contributed by atoms with Crippen LogP contribution >= 0.6 is 0 Å². The Morgan fingerprint density at radius 2 is 1.63 bits per heavy atom. The van der Waals surface area contributed by atoms with Gasteiger partial charge in [0.2, 0.25) is 5.91 Å². The fourth-order valence-corrected chi connectivity index (χ4v) is 7.22. The number of carbonyl (C=O) groups excluding carboxylic acids is 2. The van der Waals surface area contributed by atoms with Gasteiger partial charge in [-0.15, -0.1) is 0 Å². The third-order valence-corrected chi connectivity index (χ3v) is 9.77. The highest BCUT2D eigenvalue weighted by Gasteiger charge is 2.56. The van der Waals surface area contributed by atoms with Gasteiger partial charge in [0.1, 0.15) is 0 Å². The highest BCUT2D eigenvalue weighted by Crippen LogP contribution is 2.52. The molecule has 0 bridgehead atoms. The van der Waals surface area contributed by atoms with Gasteiger partial charge in [0.05, 0.1) is 24.1 Å². The summed E-state index contributed by atoms with van der Waals surface area (Å²) in [4.78, 5) is 45.9. The van der Waals surface area contributed by atoms with Gasteiger partial charge in [-0.25, -0.2) is 0 Å². The first-order chi connectivity index (χ1) is 20.3. The van der Waals surface area contributed by atoms with Gasteiger partial charge >= 0.3 is 6.18 Å². The van der Waals surface area contributed by atoms with Gasteiger partial charge in [-0.05, 0) is 31.9 Å². The standard InChI is InChI=1S/C32H41F3N4O4/c1-23(19-32(33,34)35)28(41)38-13-12-31(43,30(21-38)10-6-7-11-30)22-39-20-26(29(42)37-16-14-36(2)15-17-37)25(18-27(39)40)24-8-4-3-5-9-24/h3-5,8-9,18,20,23,43H,6-7,10-17,19,21-22H2,1-2H3/t23?,31-/m0/s1. The van der Waals surface area contributed by atoms with Crippen LogP contribution in [0.1, 0.15) is 55.8 Å². The number of likely N-dealkylation sites (N-methyl/N-ethyl adjacent to an activating group) is 1. The van der Waals surface area contributed by atoms with Crippen LogP contribution in [0.25, 0.3) is 11.1 Å². The summed E-state index contributed by atoms with van der Waals surface area (Å²) in [6.07, 6.45) is -1.10. The molecule has 1 aromatic heterocycles. The Kier molecular flexibility index (Phi) is 8.77. The first-order valence-corrected chi connectivity index (χ1v) is 15.2. The quantitative estimate of drug-likeness (QED) is 0.540. The number of halogens is 3. The minimum atomic E-state index is -4.44. The SMILES string of the molecule is CC(CC(F)(F)F)C(=O)N1CC[C@](O)(Cn2cc(C(=O)N3CCN(C)CC3)c(-c3ccccc3)cc2=O)C2(CCCC2)C1. The van der Waals surface area contributed by atoms with Crippen LogP contribution in [-0.4, -0.2) is 94.3 Å². The van der Waals surface area contributed by atoms with Crippen molar-refractivity contribution in [1.82, 2.24) is 19.3 Å². The number of likely N-dealkylation sites (tertiary alicyclic amines) is 1. The van der Waals surface area contributed by atoms with E-state index in [9.17, 15) is 32.7 Å². The van der Waals surface area contributed by atoms with Gasteiger partial charge in [-0.1, -0.05) is 50.1 Å². The fourth-order valence-electron chi connectivity index (χ4n) is 7.22. The van der Waals surface area contributed by atoms with E-state index in [-0.39, 0.29) is 37.5 Å². The average molecular weight is 603 g/mol. The maximum atomic E-state index is 13.9. The largest absolute Gasteiger partial charge is 0.389 e. The molecule has 1 unspecified atom stereocenters. The number of nitrogens with zero attached hydrogens (tertiary/aromatic N) is 4. The van der Waals surface area contributed by atoms with Crippen LogP contribution in [-0.2, 0) is 11.3 Å². The topological polar surface area (TPSA) is 86.1 Å². The lowest BCUT2D eigenvalue weighted by Gasteiger charge is -2.52. The number of rotatable bonds is 6. The molecule has 2 saturated heterocycles. The summed E-state index contributed by atoms with van der Waals surface area (Å²) in [6, 6.07) is 10.7. The molecule has 1 aromatic carbocycles. The molecule has 234 valence electrons. The molecule has 2 aromatic rings. The van der Waals surface area contributed by atoms with Gasteiger partial charge in [0.25, 0.3) is 11.5 Å². The monoisotopic (exact) mass is 602 g/mol. The van der Waals surface area contributed by atoms with Gasteiger partial charge < -0.3 is 24.4 Å². The minimum absolute atomic E-state index is 0.0654. The second-order valence-electron chi connectivity index (χ2n) is 12.8. The van der Waals surface area contributed by atoms with Crippen molar-refractivity contribution in [2.75, 3.05) is 46.3 Å². The molecule has 8 nitrogen and oxygen atoms in total. The predicted molar refractivity (Wildman–Crippen MR) is 156 cm³/mol. The van der Waals surface area contributed by atoms with E-state index >= 15 is 0 Å². The van der Waals surface area contributed by atoms with Crippen LogP contribution in [0.5, 0.6) is 0 Å². The molecule has 11 heteroatoms. The number of alkyl halides is 3. The van der Waals surface area contributed by atoms with Crippen LogP contribution in [0.15, 0.2) is 47.4 Å². The summed E-state index contributed by atoms with van der Waals surface area (Å²) >= 11 is 0. The lowest BCUT2D eigenvalue weighted by atomic mass is 9.65. The number of aliphatic hydroxyl groups is 1. The first kappa shape index (κ1) is 31.3. The number of piperidine rings is 1. The van der Waals surface area contributed by atoms with Gasteiger partial charge in [-0.2, -0.15) is 13.2 Å². The van der Waals surface area contributed by atoms with E-state index in [0.717, 1.165) is 31.5 Å². The number of amides is 2. The van der Waals surface area contributed by atoms with E-state index in [0.29, 0.717) is 37.1 Å². The summed E-state index contributed by atoms with van der Waals surface area (Å²) in [5.41, 5.74) is -0.819. The van der Waals surface area contributed by atoms with Crippen molar-refractivity contribution in [2.24, 2.45) is 11.3 Å². The lowest BCUT2D eigenvalue weighted by Crippen LogP contribution is -2.62. The summed E-state index contributed by atoms with van der Waals surface area (Å²) in [7, 11) is 2.01. The van der Waals surface area contributed by atoms with Crippen molar-refractivity contribution < 1.29 is 27.9 Å². The van der Waals surface area contributed by atoms with Crippen molar-refractivity contribution in [3.8, 4) is 11.1 Å². The van der Waals surface area contributed by atoms with Crippen LogP contribution < -0.4 is 5.56 Å². The normalized spacial score (nSPS) is 23.5. The zero-order valence-electron chi connectivity index (χ0n) is 24.9. The average Bonchev–Trinajstić information content (AvgIpc) is 3.45. The maximum Gasteiger partial charge on any atom is 0.389 e. The Balaban J connectivity index is 1.46. The van der Waals surface area contributed by atoms with Crippen molar-refractivity contribution >= 4 is 11.8 Å². The molecule has 1 N–H and O–H groups in total. The molecule has 1 saturated carbocycles. The van der Waals surface area contributed by atoms with Gasteiger partial charge in [-0.3, -0.25) is 14.4 Å². The predicted octanol–water partition coefficient (Wildman–Crippen LogP) is 4.02. The smallest absolute Gasteiger partial charge is 0.387 e. The molecule has 2 amide bonds. The van der Waals surface area contributed by atoms with Gasteiger partial charge in [0, 0.05) is 68.4 Å². The highest BCUT2D eigenvalue weighted by atomic mass is 19.4. The molecule has 3 fully saturated rings. The number of pyridine rings is 1. The molecule has 43 heavy (non-hydrogen) atoms. The summed E-state index contributed by atoms with van der Waals surface area (Å²) in [5.74, 6) is -1.95. The van der Waals surface area contributed by atoms with E-state index in [1.807, 2.05) is 37.4 Å². The van der Waals surface area contributed by atoms with E-state index in [1.165, 1.54) is 22.5 Å². The Morgan fingerprint density at radius 1 is 0.977 bits per heavy atom. The molecule has 1 aliphatic carbocycles. The van der Waals surface area contributed by atoms with Crippen molar-refractivity contribution in [3.63, 3.8) is 0 Å². The third-order valence-electron chi connectivity index (χ3n) is 9.77. The zero-order valence-corrected chi connectivity index (χ0v) is 24.9. The second-order valence-corrected chi connectivity index (χ2v) is 12.8. The van der Waals surface area contributed by atoms with Crippen molar-refractivity contribution in [2.45, 2.75) is 63.8 Å². The summed E-state index contributed by atoms with van der Waals surface area (Å²) in [5, 5.41) is 12.2. The van der Waals surface area contributed by atoms with E-state index < -0.39 is 35.4 Å². The van der Waals surface area contributed by atoms with Crippen molar-refractivity contribution in [1.29, 1.82) is 0 Å². The minimum Gasteiger partial charge on any atom is -0.387 e. The summed E-state index contributed by atoms with van der Waals surface area (Å²) < 4.78 is 40.5. The van der Waals surface area contributed by atoms with E-state index in [2.05, 4.69) is 4.90 Å². The number of hydrogen-bond donors (Lipinski definition) is 1. The van der Waals surface area contributed by atoms with E-state index in [1.54, 1.807) is 11.1 Å². The summed E-state index contributed by atoms with van der Waals surface area (Å²) in [6.45, 7) is 4.08. The molecule has 1 spiro atoms. The molecule has 5 rings (SSSR count). The van der Waals surface area contributed by atoms with Gasteiger partial charge in [0.15, 0.2) is 0 Å². The fraction of sp³-hybridized carbons (Fsp3) is 0.594. The van der Waals surface area contributed by atoms with Crippen LogP contribution in [0, 0.1) is 11.3 Å². The number of hydrogen-bond acceptors (Lipinski definition) is 5. The van der Waals surface area contributed by atoms with Crippen LogP contribution in [0.3, 0.4) is 0 Å². The highest BCUT2D eigenvalue weighted by molar-refractivity contribution is 6.00. The molecule has 3 aliphatic rings. The Morgan fingerprint density at radius 3 is 2.26 bits per heavy atom. The van der Waals surface area contributed by atoms with Crippen LogP contribution in [0.2, 0.25) is 0 Å². The number of piperazine rings is 1. The Bertz CT molecular complexity index is 1380.